The third-order valence-electron chi connectivity index (χ3n) is 4.54. The van der Waals surface area contributed by atoms with Gasteiger partial charge in [-0.15, -0.1) is 24.0 Å². The molecule has 0 aliphatic heterocycles. The van der Waals surface area contributed by atoms with Crippen LogP contribution in [0.5, 0.6) is 5.75 Å². The molecule has 1 aromatic rings. The van der Waals surface area contributed by atoms with Crippen LogP contribution in [0.15, 0.2) is 11.2 Å². The van der Waals surface area contributed by atoms with Crippen molar-refractivity contribution in [2.45, 2.75) is 57.9 Å². The molecular formula is C18H31IN4OS. The van der Waals surface area contributed by atoms with Crippen LogP contribution in [0.3, 0.4) is 0 Å². The number of methoxy groups -OCH3 is 1. The zero-order chi connectivity index (χ0) is 17.5. The van der Waals surface area contributed by atoms with Gasteiger partial charge in [0.05, 0.1) is 19.3 Å². The Morgan fingerprint density at radius 3 is 2.76 bits per heavy atom. The maximum atomic E-state index is 5.48. The lowest BCUT2D eigenvalue weighted by Gasteiger charge is -2.17. The van der Waals surface area contributed by atoms with Crippen molar-refractivity contribution in [3.8, 4) is 5.75 Å². The van der Waals surface area contributed by atoms with E-state index in [-0.39, 0.29) is 24.0 Å². The molecule has 1 aliphatic carbocycles. The second-order valence-electron chi connectivity index (χ2n) is 6.25. The molecule has 2 N–H and O–H groups in total. The van der Waals surface area contributed by atoms with E-state index in [0.717, 1.165) is 40.3 Å². The second kappa shape index (κ2) is 11.1. The number of aromatic nitrogens is 1. The standard InChI is InChI=1S/C18H30N4OS.HI/c1-6-19-18(22-14-7-8-15(9-14)24-5)21-11-16-13(3)17(23-4)12(2)10-20-16;/h10,14-15H,6-9,11H2,1-5H3,(H2,19,21,22);1H. The van der Waals surface area contributed by atoms with E-state index in [2.05, 4.69) is 28.8 Å². The molecule has 1 fully saturated rings. The second-order valence-corrected chi connectivity index (χ2v) is 7.39. The minimum absolute atomic E-state index is 0. The van der Waals surface area contributed by atoms with Crippen molar-refractivity contribution < 1.29 is 4.74 Å². The van der Waals surface area contributed by atoms with Crippen LogP contribution in [0.25, 0.3) is 0 Å². The molecule has 0 radical (unpaired) electrons. The lowest BCUT2D eigenvalue weighted by atomic mass is 10.1. The van der Waals surface area contributed by atoms with Gasteiger partial charge in [-0.05, 0) is 46.3 Å². The lowest BCUT2D eigenvalue weighted by molar-refractivity contribution is 0.407. The number of ether oxygens (including phenoxy) is 1. The van der Waals surface area contributed by atoms with Gasteiger partial charge in [0.25, 0.3) is 0 Å². The van der Waals surface area contributed by atoms with Crippen molar-refractivity contribution in [3.05, 3.63) is 23.0 Å². The highest BCUT2D eigenvalue weighted by molar-refractivity contribution is 14.0. The molecule has 1 aliphatic rings. The highest BCUT2D eigenvalue weighted by atomic mass is 127. The van der Waals surface area contributed by atoms with E-state index in [1.165, 1.54) is 19.3 Å². The van der Waals surface area contributed by atoms with Gasteiger partial charge in [-0.2, -0.15) is 11.8 Å². The van der Waals surface area contributed by atoms with Crippen molar-refractivity contribution in [1.29, 1.82) is 0 Å². The fourth-order valence-electron chi connectivity index (χ4n) is 3.18. The summed E-state index contributed by atoms with van der Waals surface area (Å²) in [6.07, 6.45) is 7.77. The number of aryl methyl sites for hydroxylation is 1. The minimum Gasteiger partial charge on any atom is -0.496 e. The summed E-state index contributed by atoms with van der Waals surface area (Å²) in [5.74, 6) is 1.79. The van der Waals surface area contributed by atoms with Gasteiger partial charge in [0.2, 0.25) is 0 Å². The largest absolute Gasteiger partial charge is 0.496 e. The van der Waals surface area contributed by atoms with E-state index in [1.54, 1.807) is 7.11 Å². The van der Waals surface area contributed by atoms with E-state index in [4.69, 9.17) is 9.73 Å². The summed E-state index contributed by atoms with van der Waals surface area (Å²) in [7, 11) is 1.70. The first-order valence-electron chi connectivity index (χ1n) is 8.65. The molecule has 1 heterocycles. The zero-order valence-electron chi connectivity index (χ0n) is 15.9. The third-order valence-corrected chi connectivity index (χ3v) is 5.63. The van der Waals surface area contributed by atoms with Crippen LogP contribution in [-0.4, -0.2) is 42.1 Å². The first kappa shape index (κ1) is 22.3. The van der Waals surface area contributed by atoms with Gasteiger partial charge in [-0.3, -0.25) is 4.98 Å². The summed E-state index contributed by atoms with van der Waals surface area (Å²) in [5.41, 5.74) is 3.09. The Morgan fingerprint density at radius 1 is 1.40 bits per heavy atom. The molecular weight excluding hydrogens is 447 g/mol. The SMILES string of the molecule is CCNC(=NCc1ncc(C)c(OC)c1C)NC1CCC(SC)C1.I. The van der Waals surface area contributed by atoms with Gasteiger partial charge < -0.3 is 15.4 Å². The van der Waals surface area contributed by atoms with Crippen LogP contribution in [0.4, 0.5) is 0 Å². The maximum absolute atomic E-state index is 5.48. The average molecular weight is 478 g/mol. The van der Waals surface area contributed by atoms with Crippen LogP contribution in [0.2, 0.25) is 0 Å². The van der Waals surface area contributed by atoms with Crippen molar-refractivity contribution in [2.75, 3.05) is 19.9 Å². The number of hydrogen-bond donors (Lipinski definition) is 2. The predicted octanol–water partition coefficient (Wildman–Crippen LogP) is 3.66. The van der Waals surface area contributed by atoms with E-state index >= 15 is 0 Å². The van der Waals surface area contributed by atoms with Crippen molar-refractivity contribution in [2.24, 2.45) is 4.99 Å². The highest BCUT2D eigenvalue weighted by Gasteiger charge is 2.24. The van der Waals surface area contributed by atoms with E-state index in [0.29, 0.717) is 12.6 Å². The Kier molecular flexibility index (Phi) is 9.92. The Hall–Kier alpha value is -0.700. The fourth-order valence-corrected chi connectivity index (χ4v) is 3.98. The molecule has 0 aromatic carbocycles. The quantitative estimate of drug-likeness (QED) is 0.371. The van der Waals surface area contributed by atoms with E-state index in [1.807, 2.05) is 31.8 Å². The van der Waals surface area contributed by atoms with Crippen molar-refractivity contribution >= 4 is 41.7 Å². The smallest absolute Gasteiger partial charge is 0.191 e. The lowest BCUT2D eigenvalue weighted by Crippen LogP contribution is -2.42. The third kappa shape index (κ3) is 6.20. The van der Waals surface area contributed by atoms with Crippen molar-refractivity contribution in [1.82, 2.24) is 15.6 Å². The van der Waals surface area contributed by atoms with Gasteiger partial charge >= 0.3 is 0 Å². The predicted molar refractivity (Wildman–Crippen MR) is 119 cm³/mol. The number of nitrogens with one attached hydrogen (secondary N) is 2. The summed E-state index contributed by atoms with van der Waals surface area (Å²) >= 11 is 1.97. The fraction of sp³-hybridized carbons (Fsp3) is 0.667. The molecule has 2 rings (SSSR count). The minimum atomic E-state index is 0. The van der Waals surface area contributed by atoms with Gasteiger partial charge in [0.1, 0.15) is 5.75 Å². The molecule has 1 aromatic heterocycles. The molecule has 142 valence electrons. The van der Waals surface area contributed by atoms with E-state index in [9.17, 15) is 0 Å². The van der Waals surface area contributed by atoms with Gasteiger partial charge in [0, 0.05) is 35.2 Å². The molecule has 7 heteroatoms. The number of rotatable bonds is 6. The summed E-state index contributed by atoms with van der Waals surface area (Å²) in [4.78, 5) is 9.26. The number of nitrogens with zero attached hydrogens (tertiary/aromatic N) is 2. The highest BCUT2D eigenvalue weighted by Crippen LogP contribution is 2.28. The summed E-state index contributed by atoms with van der Waals surface area (Å²) in [6, 6.07) is 0.516. The van der Waals surface area contributed by atoms with Gasteiger partial charge in [-0.1, -0.05) is 0 Å². The molecule has 0 saturated heterocycles. The zero-order valence-corrected chi connectivity index (χ0v) is 19.0. The molecule has 1 saturated carbocycles. The van der Waals surface area contributed by atoms with Gasteiger partial charge in [-0.25, -0.2) is 4.99 Å². The van der Waals surface area contributed by atoms with Crippen LogP contribution in [-0.2, 0) is 6.54 Å². The van der Waals surface area contributed by atoms with Crippen LogP contribution < -0.4 is 15.4 Å². The van der Waals surface area contributed by atoms with Crippen LogP contribution in [0, 0.1) is 13.8 Å². The van der Waals surface area contributed by atoms with Crippen molar-refractivity contribution in [3.63, 3.8) is 0 Å². The topological polar surface area (TPSA) is 58.5 Å². The Bertz CT molecular complexity index is 582. The van der Waals surface area contributed by atoms with Crippen LogP contribution in [0.1, 0.15) is 43.0 Å². The maximum Gasteiger partial charge on any atom is 0.191 e. The molecule has 2 atom stereocenters. The normalized spacial score (nSPS) is 20.1. The molecule has 0 spiro atoms. The number of aliphatic imine (C=N–C) groups is 1. The molecule has 25 heavy (non-hydrogen) atoms. The number of thioether (sulfide) groups is 1. The van der Waals surface area contributed by atoms with Gasteiger partial charge in [0.15, 0.2) is 5.96 Å². The number of halogens is 1. The summed E-state index contributed by atoms with van der Waals surface area (Å²) < 4.78 is 5.48. The van der Waals surface area contributed by atoms with Crippen LogP contribution >= 0.6 is 35.7 Å². The first-order valence-corrected chi connectivity index (χ1v) is 9.94. The Balaban J connectivity index is 0.00000312. The average Bonchev–Trinajstić information content (AvgIpc) is 3.02. The summed E-state index contributed by atoms with van der Waals surface area (Å²) in [5, 5.41) is 7.70. The molecule has 2 unspecified atom stereocenters. The first-order chi connectivity index (χ1) is 11.6. The molecule has 0 amide bonds. The monoisotopic (exact) mass is 478 g/mol. The van der Waals surface area contributed by atoms with E-state index < -0.39 is 0 Å². The molecule has 5 nitrogen and oxygen atoms in total. The Morgan fingerprint density at radius 2 is 2.16 bits per heavy atom. The Labute approximate surface area is 173 Å². The summed E-state index contributed by atoms with van der Waals surface area (Å²) in [6.45, 7) is 7.56. The number of guanidine groups is 1. The number of hydrogen-bond acceptors (Lipinski definition) is 4. The molecule has 0 bridgehead atoms. The number of pyridine rings is 1.